The highest BCUT2D eigenvalue weighted by Gasteiger charge is 2.15. The van der Waals surface area contributed by atoms with E-state index in [1.54, 1.807) is 0 Å². The summed E-state index contributed by atoms with van der Waals surface area (Å²) in [7, 11) is 0. The summed E-state index contributed by atoms with van der Waals surface area (Å²) in [6, 6.07) is 77.6. The summed E-state index contributed by atoms with van der Waals surface area (Å²) in [5.41, 5.74) is 15.8. The van der Waals surface area contributed by atoms with E-state index < -0.39 is 0 Å². The highest BCUT2D eigenvalue weighted by Crippen LogP contribution is 2.39. The molecule has 0 spiro atoms. The van der Waals surface area contributed by atoms with Gasteiger partial charge in [-0.2, -0.15) is 0 Å². The highest BCUT2D eigenvalue weighted by molar-refractivity contribution is 7.25. The fraction of sp³-hybridized carbons (Fsp3) is 0. The van der Waals surface area contributed by atoms with Gasteiger partial charge in [0.25, 0.3) is 0 Å². The van der Waals surface area contributed by atoms with Crippen LogP contribution in [0.25, 0.3) is 103 Å². The molecule has 2 heteroatoms. The van der Waals surface area contributed by atoms with Crippen LogP contribution >= 0.6 is 11.3 Å². The smallest absolute Gasteiger partial charge is 0.0541 e. The van der Waals surface area contributed by atoms with Crippen molar-refractivity contribution in [1.82, 2.24) is 4.57 Å². The number of nitrogens with zero attached hydrogens (tertiary/aromatic N) is 1. The van der Waals surface area contributed by atoms with Crippen LogP contribution in [-0.4, -0.2) is 4.57 Å². The topological polar surface area (TPSA) is 4.93 Å². The van der Waals surface area contributed by atoms with Crippen molar-refractivity contribution in [2.45, 2.75) is 0 Å². The molecule has 1 nitrogen and oxygen atoms in total. The van der Waals surface area contributed by atoms with Crippen molar-refractivity contribution in [1.29, 1.82) is 0 Å². The first-order valence-electron chi connectivity index (χ1n) is 19.2. The largest absolute Gasteiger partial charge is 0.309 e. The third-order valence-corrected chi connectivity index (χ3v) is 12.4. The zero-order valence-corrected chi connectivity index (χ0v) is 31.4. The SMILES string of the molecule is c1ccc(-c2ccc3c(c2)c2cc(-c4ccccc4)ccc2n3-c2ccc(-c3cccc(-c4ccc(-c5ccc6c(c5)sc5ccccc56)cc4)c3)cc2)cc1. The summed E-state index contributed by atoms with van der Waals surface area (Å²) in [6.45, 7) is 0. The number of rotatable bonds is 6. The van der Waals surface area contributed by atoms with Gasteiger partial charge in [-0.1, -0.05) is 158 Å². The van der Waals surface area contributed by atoms with E-state index in [0.717, 1.165) is 5.69 Å². The normalized spacial score (nSPS) is 11.6. The minimum atomic E-state index is 1.15. The summed E-state index contributed by atoms with van der Waals surface area (Å²) in [5.74, 6) is 0. The van der Waals surface area contributed by atoms with Gasteiger partial charge in [0.05, 0.1) is 11.0 Å². The molecule has 0 fully saturated rings. The maximum Gasteiger partial charge on any atom is 0.0541 e. The van der Waals surface area contributed by atoms with Crippen LogP contribution in [0.15, 0.2) is 212 Å². The number of thiophene rings is 1. The lowest BCUT2D eigenvalue weighted by Crippen LogP contribution is -1.94. The average molecular weight is 730 g/mol. The van der Waals surface area contributed by atoms with E-state index >= 15 is 0 Å². The van der Waals surface area contributed by atoms with Crippen LogP contribution in [0.1, 0.15) is 0 Å². The summed E-state index contributed by atoms with van der Waals surface area (Å²) in [5, 5.41) is 5.18. The maximum atomic E-state index is 2.41. The van der Waals surface area contributed by atoms with E-state index in [0.29, 0.717) is 0 Å². The van der Waals surface area contributed by atoms with Gasteiger partial charge in [0.2, 0.25) is 0 Å². The molecule has 262 valence electrons. The molecule has 2 aromatic heterocycles. The molecular formula is C54H35NS. The first-order chi connectivity index (χ1) is 27.7. The van der Waals surface area contributed by atoms with Crippen LogP contribution < -0.4 is 0 Å². The van der Waals surface area contributed by atoms with Crippen LogP contribution in [0.2, 0.25) is 0 Å². The molecule has 0 aliphatic heterocycles. The molecule has 0 saturated carbocycles. The zero-order chi connectivity index (χ0) is 37.0. The van der Waals surface area contributed by atoms with Gasteiger partial charge < -0.3 is 4.57 Å². The maximum absolute atomic E-state index is 2.41. The second kappa shape index (κ2) is 13.4. The van der Waals surface area contributed by atoms with Crippen LogP contribution in [0.4, 0.5) is 0 Å². The summed E-state index contributed by atoms with van der Waals surface area (Å²) in [4.78, 5) is 0. The molecule has 0 N–H and O–H groups in total. The first-order valence-corrected chi connectivity index (χ1v) is 20.0. The fourth-order valence-corrected chi connectivity index (χ4v) is 9.51. The molecule has 0 amide bonds. The Morgan fingerprint density at radius 1 is 0.250 bits per heavy atom. The lowest BCUT2D eigenvalue weighted by atomic mass is 9.97. The number of aromatic nitrogens is 1. The van der Waals surface area contributed by atoms with E-state index in [1.165, 1.54) is 97.6 Å². The second-order valence-electron chi connectivity index (χ2n) is 14.5. The molecule has 11 rings (SSSR count). The van der Waals surface area contributed by atoms with Crippen molar-refractivity contribution >= 4 is 53.3 Å². The number of fused-ring (bicyclic) bond motifs is 6. The molecule has 2 heterocycles. The van der Waals surface area contributed by atoms with Crippen molar-refractivity contribution in [3.63, 3.8) is 0 Å². The van der Waals surface area contributed by atoms with Gasteiger partial charge in [-0.3, -0.25) is 0 Å². The zero-order valence-electron chi connectivity index (χ0n) is 30.6. The summed E-state index contributed by atoms with van der Waals surface area (Å²) < 4.78 is 5.08. The highest BCUT2D eigenvalue weighted by atomic mass is 32.1. The van der Waals surface area contributed by atoms with E-state index in [-0.39, 0.29) is 0 Å². The Morgan fingerprint density at radius 3 is 1.25 bits per heavy atom. The van der Waals surface area contributed by atoms with Crippen molar-refractivity contribution in [2.75, 3.05) is 0 Å². The molecule has 11 aromatic rings. The third kappa shape index (κ3) is 5.62. The Labute approximate surface area is 330 Å². The fourth-order valence-electron chi connectivity index (χ4n) is 8.36. The second-order valence-corrected chi connectivity index (χ2v) is 15.6. The van der Waals surface area contributed by atoms with E-state index in [2.05, 4.69) is 217 Å². The van der Waals surface area contributed by atoms with Gasteiger partial charge in [0.15, 0.2) is 0 Å². The van der Waals surface area contributed by atoms with Crippen LogP contribution in [0.3, 0.4) is 0 Å². The molecule has 56 heavy (non-hydrogen) atoms. The summed E-state index contributed by atoms with van der Waals surface area (Å²) in [6.07, 6.45) is 0. The lowest BCUT2D eigenvalue weighted by molar-refractivity contribution is 1.18. The molecule has 0 bridgehead atoms. The van der Waals surface area contributed by atoms with Crippen LogP contribution in [0.5, 0.6) is 0 Å². The Bertz CT molecular complexity index is 3110. The number of benzene rings is 9. The Hall–Kier alpha value is -7.00. The third-order valence-electron chi connectivity index (χ3n) is 11.2. The standard InChI is InChI=1S/C54H35NS/c1-3-10-36(11-4-1)43-25-30-51-49(33-43)50-34-44(37-12-5-2-6-13-37)26-31-52(50)55(51)46-27-22-40(23-28-46)42-15-9-14-41(32-42)38-18-20-39(21-19-38)45-24-29-48-47-16-7-8-17-53(47)56-54(48)35-45/h1-35H. The lowest BCUT2D eigenvalue weighted by Gasteiger charge is -2.11. The molecule has 0 unspecified atom stereocenters. The first kappa shape index (κ1) is 32.4. The molecule has 0 aliphatic rings. The van der Waals surface area contributed by atoms with Crippen LogP contribution in [-0.2, 0) is 0 Å². The molecule has 0 radical (unpaired) electrons. The van der Waals surface area contributed by atoms with E-state index in [4.69, 9.17) is 0 Å². The van der Waals surface area contributed by atoms with Gasteiger partial charge in [-0.15, -0.1) is 11.3 Å². The molecule has 0 saturated heterocycles. The monoisotopic (exact) mass is 729 g/mol. The molecule has 0 atom stereocenters. The van der Waals surface area contributed by atoms with Crippen LogP contribution in [0, 0.1) is 0 Å². The number of hydrogen-bond donors (Lipinski definition) is 0. The summed E-state index contributed by atoms with van der Waals surface area (Å²) >= 11 is 1.87. The van der Waals surface area contributed by atoms with Crippen molar-refractivity contribution in [3.8, 4) is 61.3 Å². The van der Waals surface area contributed by atoms with Gasteiger partial charge in [-0.25, -0.2) is 0 Å². The molecule has 0 aliphatic carbocycles. The van der Waals surface area contributed by atoms with Gasteiger partial charge in [0.1, 0.15) is 0 Å². The number of hydrogen-bond acceptors (Lipinski definition) is 1. The van der Waals surface area contributed by atoms with Gasteiger partial charge >= 0.3 is 0 Å². The van der Waals surface area contributed by atoms with Crippen molar-refractivity contribution in [2.24, 2.45) is 0 Å². The van der Waals surface area contributed by atoms with E-state index in [9.17, 15) is 0 Å². The molecule has 9 aromatic carbocycles. The Balaban J connectivity index is 0.925. The predicted octanol–water partition coefficient (Wildman–Crippen LogP) is 15.5. The Morgan fingerprint density at radius 2 is 0.661 bits per heavy atom. The average Bonchev–Trinajstić information content (AvgIpc) is 3.82. The van der Waals surface area contributed by atoms with Gasteiger partial charge in [0, 0.05) is 36.6 Å². The quantitative estimate of drug-likeness (QED) is 0.161. The molecular weight excluding hydrogens is 695 g/mol. The Kier molecular flexibility index (Phi) is 7.75. The minimum Gasteiger partial charge on any atom is -0.309 e. The van der Waals surface area contributed by atoms with Gasteiger partial charge in [-0.05, 0) is 110 Å². The van der Waals surface area contributed by atoms with Crippen molar-refractivity contribution < 1.29 is 0 Å². The van der Waals surface area contributed by atoms with E-state index in [1.807, 2.05) is 11.3 Å². The minimum absolute atomic E-state index is 1.15. The van der Waals surface area contributed by atoms with Crippen molar-refractivity contribution in [3.05, 3.63) is 212 Å². The predicted molar refractivity (Wildman–Crippen MR) is 241 cm³/mol.